The fraction of sp³-hybridized carbons (Fsp3) is 0.316. The first-order valence-electron chi connectivity index (χ1n) is 9.38. The smallest absolute Gasteiger partial charge is 0.313 e. The zero-order chi connectivity index (χ0) is 21.1. The number of hydrogen-bond acceptors (Lipinski definition) is 7. The van der Waals surface area contributed by atoms with Crippen LogP contribution in [-0.2, 0) is 4.79 Å². The molecule has 156 valence electrons. The highest BCUT2D eigenvalue weighted by Gasteiger charge is 2.33. The molecule has 30 heavy (non-hydrogen) atoms. The molecule has 2 N–H and O–H groups in total. The van der Waals surface area contributed by atoms with Crippen LogP contribution in [0.4, 0.5) is 11.5 Å². The number of guanidine groups is 1. The van der Waals surface area contributed by atoms with Crippen LogP contribution < -0.4 is 15.2 Å². The lowest BCUT2D eigenvalue weighted by molar-refractivity contribution is -0.384. The zero-order valence-corrected chi connectivity index (χ0v) is 16.0. The van der Waals surface area contributed by atoms with E-state index in [9.17, 15) is 14.9 Å². The van der Waals surface area contributed by atoms with Crippen molar-refractivity contribution >= 4 is 23.4 Å². The number of carbonyl (C=O) groups is 1. The Hall–Kier alpha value is -3.89. The first-order chi connectivity index (χ1) is 14.5. The van der Waals surface area contributed by atoms with Gasteiger partial charge in [0.25, 0.3) is 5.91 Å². The average Bonchev–Trinajstić information content (AvgIpc) is 2.78. The largest absolute Gasteiger partial charge is 0.485 e. The molecular weight excluding hydrogens is 392 g/mol. The SMILES string of the molecule is N/C(=N\c1ncccc1[N+](=O)[O-])N1CCN(C(=O)C2COc3ccccc3O2)CC1. The maximum Gasteiger partial charge on any atom is 0.313 e. The minimum atomic E-state index is -0.700. The van der Waals surface area contributed by atoms with E-state index in [1.807, 2.05) is 12.1 Å². The molecule has 1 unspecified atom stereocenters. The van der Waals surface area contributed by atoms with E-state index in [-0.39, 0.29) is 30.0 Å². The molecule has 0 bridgehead atoms. The number of benzene rings is 1. The van der Waals surface area contributed by atoms with Gasteiger partial charge in [-0.05, 0) is 18.2 Å². The van der Waals surface area contributed by atoms with Crippen LogP contribution in [-0.4, -0.2) is 70.5 Å². The van der Waals surface area contributed by atoms with Crippen LogP contribution in [0.25, 0.3) is 0 Å². The molecule has 11 nitrogen and oxygen atoms in total. The van der Waals surface area contributed by atoms with E-state index < -0.39 is 11.0 Å². The van der Waals surface area contributed by atoms with E-state index in [4.69, 9.17) is 15.2 Å². The van der Waals surface area contributed by atoms with Crippen molar-refractivity contribution < 1.29 is 19.2 Å². The Morgan fingerprint density at radius 1 is 1.13 bits per heavy atom. The molecule has 1 aromatic carbocycles. The number of hydrogen-bond donors (Lipinski definition) is 1. The van der Waals surface area contributed by atoms with Crippen molar-refractivity contribution in [2.75, 3.05) is 32.8 Å². The van der Waals surface area contributed by atoms with Crippen molar-refractivity contribution in [3.05, 3.63) is 52.7 Å². The lowest BCUT2D eigenvalue weighted by atomic mass is 10.2. The van der Waals surface area contributed by atoms with Gasteiger partial charge in [0, 0.05) is 38.4 Å². The zero-order valence-electron chi connectivity index (χ0n) is 16.0. The summed E-state index contributed by atoms with van der Waals surface area (Å²) in [6.07, 6.45) is 0.716. The standard InChI is InChI=1S/C19H20N6O5/c20-19(22-17-13(25(27)28)4-3-7-21-17)24-10-8-23(9-11-24)18(26)16-12-29-14-5-1-2-6-15(14)30-16/h1-7,16H,8-12H2,(H2,20,21,22). The number of amides is 1. The summed E-state index contributed by atoms with van der Waals surface area (Å²) >= 11 is 0. The molecule has 0 saturated carbocycles. The predicted octanol–water partition coefficient (Wildman–Crippen LogP) is 0.920. The summed E-state index contributed by atoms with van der Waals surface area (Å²) < 4.78 is 11.4. The number of aliphatic imine (C=N–C) groups is 1. The molecule has 1 fully saturated rings. The van der Waals surface area contributed by atoms with Crippen molar-refractivity contribution in [3.63, 3.8) is 0 Å². The third-order valence-corrected chi connectivity index (χ3v) is 4.88. The van der Waals surface area contributed by atoms with Gasteiger partial charge >= 0.3 is 5.69 Å². The van der Waals surface area contributed by atoms with Crippen molar-refractivity contribution in [3.8, 4) is 11.5 Å². The second-order valence-corrected chi connectivity index (χ2v) is 6.75. The van der Waals surface area contributed by atoms with Crippen molar-refractivity contribution in [1.82, 2.24) is 14.8 Å². The van der Waals surface area contributed by atoms with Gasteiger partial charge in [-0.15, -0.1) is 0 Å². The highest BCUT2D eigenvalue weighted by atomic mass is 16.6. The number of nitro groups is 1. The number of aromatic nitrogens is 1. The molecule has 0 spiro atoms. The Morgan fingerprint density at radius 3 is 2.57 bits per heavy atom. The van der Waals surface area contributed by atoms with E-state index in [1.54, 1.807) is 21.9 Å². The fourth-order valence-corrected chi connectivity index (χ4v) is 3.30. The highest BCUT2D eigenvalue weighted by Crippen LogP contribution is 2.31. The number of piperazine rings is 1. The number of rotatable bonds is 3. The Kier molecular flexibility index (Phi) is 5.33. The molecule has 1 amide bonds. The first kappa shape index (κ1) is 19.4. The maximum absolute atomic E-state index is 12.8. The van der Waals surface area contributed by atoms with Gasteiger partial charge < -0.3 is 25.0 Å². The van der Waals surface area contributed by atoms with E-state index in [1.165, 1.54) is 18.3 Å². The monoisotopic (exact) mass is 412 g/mol. The van der Waals surface area contributed by atoms with E-state index in [0.29, 0.717) is 37.7 Å². The number of carbonyl (C=O) groups excluding carboxylic acids is 1. The van der Waals surface area contributed by atoms with E-state index >= 15 is 0 Å². The summed E-state index contributed by atoms with van der Waals surface area (Å²) in [6, 6.07) is 10.0. The lowest BCUT2D eigenvalue weighted by Crippen LogP contribution is -2.56. The van der Waals surface area contributed by atoms with Gasteiger partial charge in [0.15, 0.2) is 17.5 Å². The molecule has 11 heteroatoms. The summed E-state index contributed by atoms with van der Waals surface area (Å²) in [5.74, 6) is 1.09. The Morgan fingerprint density at radius 2 is 1.83 bits per heavy atom. The van der Waals surface area contributed by atoms with E-state index in [0.717, 1.165) is 0 Å². The second-order valence-electron chi connectivity index (χ2n) is 6.75. The summed E-state index contributed by atoms with van der Waals surface area (Å²) in [4.78, 5) is 34.8. The van der Waals surface area contributed by atoms with Crippen LogP contribution in [0.1, 0.15) is 0 Å². The van der Waals surface area contributed by atoms with Crippen LogP contribution >= 0.6 is 0 Å². The Balaban J connectivity index is 1.37. The summed E-state index contributed by atoms with van der Waals surface area (Å²) in [5, 5.41) is 11.1. The number of para-hydroxylation sites is 2. The van der Waals surface area contributed by atoms with Crippen LogP contribution in [0, 0.1) is 10.1 Å². The number of ether oxygens (including phenoxy) is 2. The minimum Gasteiger partial charge on any atom is -0.485 e. The molecule has 4 rings (SSSR count). The van der Waals surface area contributed by atoms with Gasteiger partial charge in [0.1, 0.15) is 6.61 Å². The number of fused-ring (bicyclic) bond motifs is 1. The summed E-state index contributed by atoms with van der Waals surface area (Å²) in [6.45, 7) is 1.86. The van der Waals surface area contributed by atoms with Crippen LogP contribution in [0.3, 0.4) is 0 Å². The topological polar surface area (TPSA) is 136 Å². The molecule has 2 aromatic rings. The molecular formula is C19H20N6O5. The Bertz CT molecular complexity index is 989. The highest BCUT2D eigenvalue weighted by molar-refractivity contribution is 5.84. The summed E-state index contributed by atoms with van der Waals surface area (Å²) in [7, 11) is 0. The molecule has 0 aliphatic carbocycles. The summed E-state index contributed by atoms with van der Waals surface area (Å²) in [5.41, 5.74) is 5.81. The van der Waals surface area contributed by atoms with Crippen LogP contribution in [0.5, 0.6) is 11.5 Å². The average molecular weight is 412 g/mol. The van der Waals surface area contributed by atoms with Gasteiger partial charge in [-0.2, -0.15) is 4.99 Å². The van der Waals surface area contributed by atoms with Gasteiger partial charge in [-0.1, -0.05) is 12.1 Å². The lowest BCUT2D eigenvalue weighted by Gasteiger charge is -2.37. The third-order valence-electron chi connectivity index (χ3n) is 4.88. The van der Waals surface area contributed by atoms with Gasteiger partial charge in [-0.25, -0.2) is 4.98 Å². The van der Waals surface area contributed by atoms with Gasteiger partial charge in [0.05, 0.1) is 4.92 Å². The van der Waals surface area contributed by atoms with Crippen molar-refractivity contribution in [2.45, 2.75) is 6.10 Å². The number of nitrogens with two attached hydrogens (primary N) is 1. The predicted molar refractivity (Wildman–Crippen MR) is 107 cm³/mol. The number of pyridine rings is 1. The van der Waals surface area contributed by atoms with Crippen molar-refractivity contribution in [2.24, 2.45) is 10.7 Å². The quantitative estimate of drug-likeness (QED) is 0.340. The molecule has 0 radical (unpaired) electrons. The fourth-order valence-electron chi connectivity index (χ4n) is 3.30. The molecule has 1 aromatic heterocycles. The molecule has 3 heterocycles. The molecule has 2 aliphatic heterocycles. The molecule has 2 aliphatic rings. The van der Waals surface area contributed by atoms with Gasteiger partial charge in [0.2, 0.25) is 11.9 Å². The van der Waals surface area contributed by atoms with Gasteiger partial charge in [-0.3, -0.25) is 14.9 Å². The normalized spacial score (nSPS) is 18.8. The molecule has 1 saturated heterocycles. The van der Waals surface area contributed by atoms with Crippen LogP contribution in [0.15, 0.2) is 47.6 Å². The first-order valence-corrected chi connectivity index (χ1v) is 9.38. The van der Waals surface area contributed by atoms with Crippen LogP contribution in [0.2, 0.25) is 0 Å². The number of nitrogens with zero attached hydrogens (tertiary/aromatic N) is 5. The maximum atomic E-state index is 12.8. The van der Waals surface area contributed by atoms with Crippen molar-refractivity contribution in [1.29, 1.82) is 0 Å². The molecule has 1 atom stereocenters. The third kappa shape index (κ3) is 3.95. The Labute approximate surface area is 171 Å². The second kappa shape index (κ2) is 8.23. The van der Waals surface area contributed by atoms with E-state index in [2.05, 4.69) is 9.98 Å². The minimum absolute atomic E-state index is 0.0510.